The Bertz CT molecular complexity index is 400. The maximum Gasteiger partial charge on any atom is 0.226 e. The van der Waals surface area contributed by atoms with Gasteiger partial charge in [0.1, 0.15) is 0 Å². The smallest absolute Gasteiger partial charge is 0.226 e. The van der Waals surface area contributed by atoms with E-state index in [2.05, 4.69) is 5.32 Å². The molecule has 21 heavy (non-hydrogen) atoms. The lowest BCUT2D eigenvalue weighted by Gasteiger charge is -2.37. The first-order valence-electron chi connectivity index (χ1n) is 8.50. The van der Waals surface area contributed by atoms with Crippen molar-refractivity contribution in [2.45, 2.75) is 63.5 Å². The van der Waals surface area contributed by atoms with Crippen molar-refractivity contribution in [3.8, 4) is 0 Å². The van der Waals surface area contributed by atoms with Crippen LogP contribution in [-0.4, -0.2) is 41.9 Å². The van der Waals surface area contributed by atoms with E-state index in [-0.39, 0.29) is 29.7 Å². The van der Waals surface area contributed by atoms with E-state index in [9.17, 15) is 9.59 Å². The zero-order chi connectivity index (χ0) is 14.8. The summed E-state index contributed by atoms with van der Waals surface area (Å²) in [6, 6.07) is 0.609. The number of carbonyl (C=O) groups is 2. The Balaban J connectivity index is 1.62. The Kier molecular flexibility index (Phi) is 4.48. The number of hydrogen-bond donors (Lipinski definition) is 2. The van der Waals surface area contributed by atoms with Crippen LogP contribution in [0.15, 0.2) is 0 Å². The Hall–Kier alpha value is -1.10. The molecule has 0 radical (unpaired) electrons. The molecule has 1 heterocycles. The third-order valence-electron chi connectivity index (χ3n) is 5.19. The first kappa shape index (κ1) is 14.8. The lowest BCUT2D eigenvalue weighted by atomic mass is 9.77. The number of hydrogen-bond acceptors (Lipinski definition) is 3. The highest BCUT2D eigenvalue weighted by atomic mass is 16.2. The number of nitrogens with one attached hydrogen (secondary N) is 1. The Morgan fingerprint density at radius 1 is 0.905 bits per heavy atom. The molecule has 118 valence electrons. The second-order valence-corrected chi connectivity index (χ2v) is 6.94. The van der Waals surface area contributed by atoms with E-state index in [0.29, 0.717) is 6.04 Å². The molecule has 3 N–H and O–H groups in total. The Morgan fingerprint density at radius 2 is 1.52 bits per heavy atom. The fraction of sp³-hybridized carbons (Fsp3) is 0.875. The summed E-state index contributed by atoms with van der Waals surface area (Å²) in [6.45, 7) is 1.51. The predicted molar refractivity (Wildman–Crippen MR) is 80.4 cm³/mol. The number of nitrogens with two attached hydrogens (primary N) is 1. The van der Waals surface area contributed by atoms with Crippen LogP contribution < -0.4 is 11.1 Å². The average molecular weight is 293 g/mol. The van der Waals surface area contributed by atoms with E-state index in [1.165, 1.54) is 0 Å². The van der Waals surface area contributed by atoms with E-state index in [1.54, 1.807) is 0 Å². The van der Waals surface area contributed by atoms with Crippen molar-refractivity contribution in [2.24, 2.45) is 17.6 Å². The molecule has 2 aliphatic carbocycles. The molecule has 5 heteroatoms. The lowest BCUT2D eigenvalue weighted by molar-refractivity contribution is -0.144. The monoisotopic (exact) mass is 293 g/mol. The summed E-state index contributed by atoms with van der Waals surface area (Å²) in [5, 5.41) is 3.09. The molecule has 3 fully saturated rings. The van der Waals surface area contributed by atoms with Crippen LogP contribution in [0.5, 0.6) is 0 Å². The molecule has 5 nitrogen and oxygen atoms in total. The Morgan fingerprint density at radius 3 is 2.14 bits per heavy atom. The highest BCUT2D eigenvalue weighted by Crippen LogP contribution is 2.33. The summed E-state index contributed by atoms with van der Waals surface area (Å²) in [7, 11) is 0. The van der Waals surface area contributed by atoms with Crippen molar-refractivity contribution in [1.29, 1.82) is 0 Å². The van der Waals surface area contributed by atoms with E-state index in [1.807, 2.05) is 4.90 Å². The first-order valence-corrected chi connectivity index (χ1v) is 8.50. The van der Waals surface area contributed by atoms with E-state index < -0.39 is 0 Å². The summed E-state index contributed by atoms with van der Waals surface area (Å²) in [4.78, 5) is 27.1. The van der Waals surface area contributed by atoms with Crippen LogP contribution >= 0.6 is 0 Å². The molecule has 2 saturated carbocycles. The molecule has 1 saturated heterocycles. The van der Waals surface area contributed by atoms with Crippen molar-refractivity contribution < 1.29 is 9.59 Å². The van der Waals surface area contributed by atoms with Crippen molar-refractivity contribution in [1.82, 2.24) is 10.2 Å². The van der Waals surface area contributed by atoms with Gasteiger partial charge in [0.05, 0.1) is 0 Å². The molecule has 0 bridgehead atoms. The van der Waals surface area contributed by atoms with Gasteiger partial charge in [-0.15, -0.1) is 0 Å². The van der Waals surface area contributed by atoms with Gasteiger partial charge in [-0.25, -0.2) is 0 Å². The lowest BCUT2D eigenvalue weighted by Crippen LogP contribution is -2.49. The van der Waals surface area contributed by atoms with Gasteiger partial charge in [-0.2, -0.15) is 0 Å². The number of amides is 2. The molecule has 2 atom stereocenters. The molecule has 2 amide bonds. The van der Waals surface area contributed by atoms with Crippen LogP contribution in [-0.2, 0) is 9.59 Å². The van der Waals surface area contributed by atoms with Gasteiger partial charge in [0.2, 0.25) is 11.8 Å². The van der Waals surface area contributed by atoms with Crippen LogP contribution in [0.1, 0.15) is 51.4 Å². The van der Waals surface area contributed by atoms with Gasteiger partial charge >= 0.3 is 0 Å². The summed E-state index contributed by atoms with van der Waals surface area (Å²) in [5.74, 6) is 0.0936. The number of likely N-dealkylation sites (tertiary alicyclic amines) is 1. The van der Waals surface area contributed by atoms with Crippen molar-refractivity contribution >= 4 is 11.8 Å². The van der Waals surface area contributed by atoms with E-state index in [4.69, 9.17) is 5.73 Å². The largest absolute Gasteiger partial charge is 0.353 e. The van der Waals surface area contributed by atoms with Crippen LogP contribution in [0.4, 0.5) is 0 Å². The van der Waals surface area contributed by atoms with Gasteiger partial charge in [-0.05, 0) is 38.5 Å². The topological polar surface area (TPSA) is 75.4 Å². The fourth-order valence-electron chi connectivity index (χ4n) is 3.63. The molecule has 0 aromatic carbocycles. The standard InChI is InChI=1S/C16H27N3O2/c17-11-7-9-19(10-8-11)16(21)14-4-2-1-3-13(14)15(20)18-12-5-6-12/h11-14H,1-10,17H2,(H,18,20). The van der Waals surface area contributed by atoms with E-state index >= 15 is 0 Å². The van der Waals surface area contributed by atoms with Gasteiger partial charge in [-0.3, -0.25) is 9.59 Å². The zero-order valence-electron chi connectivity index (χ0n) is 12.7. The molecule has 3 rings (SSSR count). The van der Waals surface area contributed by atoms with Crippen LogP contribution in [0.25, 0.3) is 0 Å². The van der Waals surface area contributed by atoms with Gasteiger partial charge in [0.25, 0.3) is 0 Å². The minimum atomic E-state index is -0.109. The predicted octanol–water partition coefficient (Wildman–Crippen LogP) is 1.02. The number of piperidine rings is 1. The van der Waals surface area contributed by atoms with Crippen molar-refractivity contribution in [2.75, 3.05) is 13.1 Å². The van der Waals surface area contributed by atoms with Gasteiger partial charge in [-0.1, -0.05) is 12.8 Å². The molecule has 1 aliphatic heterocycles. The highest BCUT2D eigenvalue weighted by Gasteiger charge is 2.39. The quantitative estimate of drug-likeness (QED) is 0.816. The van der Waals surface area contributed by atoms with Gasteiger partial charge in [0.15, 0.2) is 0 Å². The first-order chi connectivity index (χ1) is 10.1. The minimum absolute atomic E-state index is 0.105. The van der Waals surface area contributed by atoms with Crippen LogP contribution in [0.2, 0.25) is 0 Å². The fourth-order valence-corrected chi connectivity index (χ4v) is 3.63. The summed E-state index contributed by atoms with van der Waals surface area (Å²) in [6.07, 6.45) is 7.83. The summed E-state index contributed by atoms with van der Waals surface area (Å²) >= 11 is 0. The number of carbonyl (C=O) groups excluding carboxylic acids is 2. The van der Waals surface area contributed by atoms with Gasteiger partial charge < -0.3 is 16.0 Å². The van der Waals surface area contributed by atoms with Gasteiger partial charge in [0, 0.05) is 37.0 Å². The zero-order valence-corrected chi connectivity index (χ0v) is 12.7. The second kappa shape index (κ2) is 6.34. The van der Waals surface area contributed by atoms with Crippen molar-refractivity contribution in [3.05, 3.63) is 0 Å². The molecular weight excluding hydrogens is 266 g/mol. The molecule has 0 spiro atoms. The highest BCUT2D eigenvalue weighted by molar-refractivity contribution is 5.88. The molecule has 2 unspecified atom stereocenters. The molecule has 0 aromatic rings. The van der Waals surface area contributed by atoms with Crippen LogP contribution in [0.3, 0.4) is 0 Å². The molecule has 3 aliphatic rings. The van der Waals surface area contributed by atoms with E-state index in [0.717, 1.165) is 64.5 Å². The average Bonchev–Trinajstić information content (AvgIpc) is 3.31. The second-order valence-electron chi connectivity index (χ2n) is 6.94. The SMILES string of the molecule is NC1CCN(C(=O)C2CCCCC2C(=O)NC2CC2)CC1. The maximum absolute atomic E-state index is 12.8. The normalized spacial score (nSPS) is 31.0. The number of rotatable bonds is 3. The summed E-state index contributed by atoms with van der Waals surface area (Å²) < 4.78 is 0. The van der Waals surface area contributed by atoms with Crippen LogP contribution in [0, 0.1) is 11.8 Å². The number of nitrogens with zero attached hydrogens (tertiary/aromatic N) is 1. The molecular formula is C16H27N3O2. The Labute approximate surface area is 126 Å². The molecule has 0 aromatic heterocycles. The minimum Gasteiger partial charge on any atom is -0.353 e. The third-order valence-corrected chi connectivity index (χ3v) is 5.19. The maximum atomic E-state index is 12.8. The summed E-state index contributed by atoms with van der Waals surface area (Å²) in [5.41, 5.74) is 5.91. The third kappa shape index (κ3) is 3.57. The van der Waals surface area contributed by atoms with Crippen molar-refractivity contribution in [3.63, 3.8) is 0 Å².